The van der Waals surface area contributed by atoms with Crippen molar-refractivity contribution in [3.05, 3.63) is 60.2 Å². The van der Waals surface area contributed by atoms with E-state index >= 15 is 0 Å². The van der Waals surface area contributed by atoms with Crippen molar-refractivity contribution in [3.8, 4) is 5.75 Å². The molecule has 1 aliphatic rings. The molecule has 0 saturated heterocycles. The van der Waals surface area contributed by atoms with Crippen molar-refractivity contribution in [2.24, 2.45) is 0 Å². The van der Waals surface area contributed by atoms with Crippen LogP contribution in [0.3, 0.4) is 0 Å². The van der Waals surface area contributed by atoms with Crippen LogP contribution in [0.4, 0.5) is 11.4 Å². The Balaban J connectivity index is 2.07. The maximum atomic E-state index is 12.5. The number of nitrogens with one attached hydrogen (secondary N) is 1. The highest BCUT2D eigenvalue weighted by Crippen LogP contribution is 2.40. The number of carbonyl (C=O) groups excluding carboxylic acids is 1. The fraction of sp³-hybridized carbons (Fsp3) is 0. The average Bonchev–Trinajstić information content (AvgIpc) is 2.73. The zero-order chi connectivity index (χ0) is 15.9. The van der Waals surface area contributed by atoms with Crippen LogP contribution in [-0.2, 0) is 11.3 Å². The zero-order valence-corrected chi connectivity index (χ0v) is 12.1. The van der Waals surface area contributed by atoms with Gasteiger partial charge in [0.25, 0.3) is 17.2 Å². The van der Waals surface area contributed by atoms with Gasteiger partial charge in [0.2, 0.25) is 0 Å². The van der Waals surface area contributed by atoms with E-state index < -0.39 is 11.3 Å². The van der Waals surface area contributed by atoms with E-state index in [1.54, 1.807) is 24.3 Å². The van der Waals surface area contributed by atoms with Gasteiger partial charge in [0.15, 0.2) is 0 Å². The Bertz CT molecular complexity index is 784. The summed E-state index contributed by atoms with van der Waals surface area (Å²) < 4.78 is 22.0. The summed E-state index contributed by atoms with van der Waals surface area (Å²) in [4.78, 5) is 13.8. The van der Waals surface area contributed by atoms with Gasteiger partial charge in [-0.1, -0.05) is 24.8 Å². The molecule has 1 unspecified atom stereocenters. The van der Waals surface area contributed by atoms with Crippen LogP contribution in [0.25, 0.3) is 5.70 Å². The molecule has 1 amide bonds. The van der Waals surface area contributed by atoms with E-state index in [1.807, 2.05) is 0 Å². The van der Waals surface area contributed by atoms with E-state index in [-0.39, 0.29) is 17.3 Å². The number of phenols is 1. The normalized spacial score (nSPS) is 14.9. The molecule has 0 bridgehead atoms. The first kappa shape index (κ1) is 14.3. The minimum atomic E-state index is -2.25. The average molecular weight is 316 g/mol. The third-order valence-electron chi connectivity index (χ3n) is 3.36. The molecule has 0 radical (unpaired) electrons. The fourth-order valence-electron chi connectivity index (χ4n) is 2.41. The lowest BCUT2D eigenvalue weighted by Gasteiger charge is -2.19. The Kier molecular flexibility index (Phi) is 3.44. The lowest BCUT2D eigenvalue weighted by Crippen LogP contribution is -2.22. The van der Waals surface area contributed by atoms with Gasteiger partial charge < -0.3 is 5.11 Å². The number of phenolic OH excluding ortho intramolecular Hbond substituents is 1. The fourth-order valence-corrected chi connectivity index (χ4v) is 2.73. The number of fused-ring (bicyclic) bond motifs is 1. The Morgan fingerprint density at radius 2 is 1.82 bits per heavy atom. The molecule has 1 heterocycles. The Hall–Kier alpha value is -2.64. The number of hydrogen-bond donors (Lipinski definition) is 3. The predicted molar refractivity (Wildman–Crippen MR) is 84.8 cm³/mol. The van der Waals surface area contributed by atoms with E-state index in [9.17, 15) is 14.1 Å². The van der Waals surface area contributed by atoms with E-state index in [0.29, 0.717) is 22.5 Å². The van der Waals surface area contributed by atoms with Crippen LogP contribution in [0.2, 0.25) is 0 Å². The van der Waals surface area contributed by atoms with E-state index in [0.717, 1.165) is 0 Å². The van der Waals surface area contributed by atoms with Crippen LogP contribution in [0.1, 0.15) is 15.9 Å². The van der Waals surface area contributed by atoms with Crippen LogP contribution in [-0.4, -0.2) is 19.8 Å². The molecule has 0 aliphatic carbocycles. The summed E-state index contributed by atoms with van der Waals surface area (Å²) >= 11 is -2.25. The lowest BCUT2D eigenvalue weighted by molar-refractivity contribution is 0.101. The summed E-state index contributed by atoms with van der Waals surface area (Å²) in [5.41, 5.74) is 2.12. The van der Waals surface area contributed by atoms with Crippen molar-refractivity contribution in [3.63, 3.8) is 0 Å². The van der Waals surface area contributed by atoms with Crippen molar-refractivity contribution < 1.29 is 18.7 Å². The van der Waals surface area contributed by atoms with E-state index in [2.05, 4.69) is 11.3 Å². The topological polar surface area (TPSA) is 89.9 Å². The Morgan fingerprint density at radius 1 is 1.14 bits per heavy atom. The molecule has 0 fully saturated rings. The molecular formula is C15H12N2O4S. The maximum absolute atomic E-state index is 12.5. The largest absolute Gasteiger partial charge is 0.506 e. The van der Waals surface area contributed by atoms with Crippen LogP contribution in [0.15, 0.2) is 49.0 Å². The quantitative estimate of drug-likeness (QED) is 0.599. The first-order valence-corrected chi connectivity index (χ1v) is 7.43. The third kappa shape index (κ3) is 2.26. The molecule has 3 rings (SSSR count). The number of carbonyl (C=O) groups is 1. The number of hydrogen-bond acceptors (Lipinski definition) is 3. The molecule has 3 N–H and O–H groups in total. The van der Waals surface area contributed by atoms with Gasteiger partial charge in [0.1, 0.15) is 5.75 Å². The number of amides is 1. The zero-order valence-electron chi connectivity index (χ0n) is 11.3. The summed E-state index contributed by atoms with van der Waals surface area (Å²) in [5, 5.41) is 10.0. The molecule has 112 valence electrons. The number of aromatic hydroxyl groups is 1. The van der Waals surface area contributed by atoms with E-state index in [1.165, 1.54) is 23.1 Å². The molecule has 22 heavy (non-hydrogen) atoms. The Morgan fingerprint density at radius 3 is 2.45 bits per heavy atom. The van der Waals surface area contributed by atoms with Gasteiger partial charge in [-0.15, -0.1) is 0 Å². The van der Waals surface area contributed by atoms with Crippen LogP contribution in [0, 0.1) is 0 Å². The molecule has 0 aromatic heterocycles. The number of nitrogens with zero attached hydrogens (tertiary/aromatic N) is 1. The highest BCUT2D eigenvalue weighted by atomic mass is 32.2. The second-order valence-electron chi connectivity index (χ2n) is 4.69. The Labute approximate surface area is 129 Å². The monoisotopic (exact) mass is 316 g/mol. The first-order chi connectivity index (χ1) is 10.5. The van der Waals surface area contributed by atoms with Crippen LogP contribution < -0.4 is 9.62 Å². The van der Waals surface area contributed by atoms with Gasteiger partial charge in [0, 0.05) is 11.1 Å². The first-order valence-electron chi connectivity index (χ1n) is 6.32. The summed E-state index contributed by atoms with van der Waals surface area (Å²) in [6.45, 7) is 3.90. The molecule has 2 aromatic rings. The predicted octanol–water partition coefficient (Wildman–Crippen LogP) is 2.57. The van der Waals surface area contributed by atoms with Gasteiger partial charge in [-0.25, -0.2) is 4.21 Å². The lowest BCUT2D eigenvalue weighted by atomic mass is 10.1. The highest BCUT2D eigenvalue weighted by Gasteiger charge is 2.33. The number of benzene rings is 2. The third-order valence-corrected chi connectivity index (χ3v) is 3.77. The molecule has 1 aliphatic heterocycles. The molecule has 0 spiro atoms. The second kappa shape index (κ2) is 5.28. The summed E-state index contributed by atoms with van der Waals surface area (Å²) in [5.74, 6) is -0.435. The molecule has 0 saturated carbocycles. The van der Waals surface area contributed by atoms with Gasteiger partial charge in [-0.05, 0) is 24.3 Å². The summed E-state index contributed by atoms with van der Waals surface area (Å²) in [6, 6.07) is 11.2. The van der Waals surface area contributed by atoms with Crippen LogP contribution in [0.5, 0.6) is 5.75 Å². The number of rotatable bonds is 3. The number of anilines is 2. The van der Waals surface area contributed by atoms with Gasteiger partial charge in [-0.2, -0.15) is 0 Å². The van der Waals surface area contributed by atoms with Gasteiger partial charge >= 0.3 is 0 Å². The van der Waals surface area contributed by atoms with Crippen LogP contribution >= 0.6 is 0 Å². The van der Waals surface area contributed by atoms with Crippen molar-refractivity contribution >= 4 is 34.2 Å². The smallest absolute Gasteiger partial charge is 0.263 e. The highest BCUT2D eigenvalue weighted by molar-refractivity contribution is 7.80. The SMILES string of the molecule is C=C1c2ccccc2C(=O)N1c1cc(NS(=O)O)ccc1O. The summed E-state index contributed by atoms with van der Waals surface area (Å²) in [6.07, 6.45) is 0. The van der Waals surface area contributed by atoms with E-state index in [4.69, 9.17) is 4.55 Å². The molecule has 2 aromatic carbocycles. The van der Waals surface area contributed by atoms with Crippen molar-refractivity contribution in [1.82, 2.24) is 0 Å². The van der Waals surface area contributed by atoms with Gasteiger partial charge in [0.05, 0.1) is 17.1 Å². The minimum Gasteiger partial charge on any atom is -0.506 e. The van der Waals surface area contributed by atoms with Crippen molar-refractivity contribution in [1.29, 1.82) is 0 Å². The maximum Gasteiger partial charge on any atom is 0.263 e. The molecule has 7 heteroatoms. The molecular weight excluding hydrogens is 304 g/mol. The molecule has 1 atom stereocenters. The van der Waals surface area contributed by atoms with Gasteiger partial charge in [-0.3, -0.25) is 19.0 Å². The second-order valence-corrected chi connectivity index (χ2v) is 5.39. The molecule has 6 nitrogen and oxygen atoms in total. The minimum absolute atomic E-state index is 0.128. The summed E-state index contributed by atoms with van der Waals surface area (Å²) in [7, 11) is 0. The van der Waals surface area contributed by atoms with Crippen molar-refractivity contribution in [2.75, 3.05) is 9.62 Å². The van der Waals surface area contributed by atoms with Crippen molar-refractivity contribution in [2.45, 2.75) is 0 Å². The standard InChI is InChI=1S/C15H12N2O4S/c1-9-11-4-2-3-5-12(11)15(19)17(9)13-8-10(16-22(20)21)6-7-14(13)18/h2-8,16,18H,1H2,(H,20,21).